The van der Waals surface area contributed by atoms with Gasteiger partial charge in [0.1, 0.15) is 5.60 Å². The number of anilines is 1. The number of carbonyl (C=O) groups is 2. The highest BCUT2D eigenvalue weighted by Gasteiger charge is 2.15. The number of aryl methyl sites for hydroxylation is 1. The number of nitrogens with one attached hydrogen (secondary N) is 2. The Bertz CT molecular complexity index is 559. The van der Waals surface area contributed by atoms with Crippen LogP contribution in [0.1, 0.15) is 26.3 Å². The summed E-state index contributed by atoms with van der Waals surface area (Å²) in [4.78, 5) is 23.3. The maximum absolute atomic E-state index is 11.9. The summed E-state index contributed by atoms with van der Waals surface area (Å²) < 4.78 is 5.12. The van der Waals surface area contributed by atoms with Crippen LogP contribution in [0, 0.1) is 6.92 Å². The van der Waals surface area contributed by atoms with E-state index in [0.717, 1.165) is 11.3 Å². The number of hydrogen-bond acceptors (Lipinski definition) is 4. The van der Waals surface area contributed by atoms with E-state index in [9.17, 15) is 9.59 Å². The molecule has 2 amide bonds. The molecule has 0 heterocycles. The topological polar surface area (TPSA) is 67.4 Å². The normalized spacial score (nSPS) is 11.0. The molecule has 0 radical (unpaired) electrons. The Labute approximate surface area is 146 Å². The predicted molar refractivity (Wildman–Crippen MR) is 96.4 cm³/mol. The van der Waals surface area contributed by atoms with E-state index in [0.29, 0.717) is 23.1 Å². The van der Waals surface area contributed by atoms with Gasteiger partial charge in [-0.1, -0.05) is 17.7 Å². The summed E-state index contributed by atoms with van der Waals surface area (Å²) >= 11 is 7.35. The Hall–Kier alpha value is -1.40. The van der Waals surface area contributed by atoms with Gasteiger partial charge in [0, 0.05) is 23.0 Å². The SMILES string of the molecule is Cc1ccc(Cl)cc1NC(=O)CSCCNC(=O)OC(C)(C)C. The molecule has 0 bridgehead atoms. The molecule has 0 unspecified atom stereocenters. The molecule has 2 N–H and O–H groups in total. The van der Waals surface area contributed by atoms with Crippen LogP contribution in [0.15, 0.2) is 18.2 Å². The Morgan fingerprint density at radius 1 is 1.30 bits per heavy atom. The van der Waals surface area contributed by atoms with Crippen molar-refractivity contribution in [2.75, 3.05) is 23.4 Å². The molecule has 0 aliphatic carbocycles. The molecule has 0 aliphatic rings. The largest absolute Gasteiger partial charge is 0.444 e. The van der Waals surface area contributed by atoms with Crippen LogP contribution in [-0.4, -0.2) is 35.7 Å². The zero-order valence-electron chi connectivity index (χ0n) is 13.9. The van der Waals surface area contributed by atoms with Crippen molar-refractivity contribution in [3.8, 4) is 0 Å². The van der Waals surface area contributed by atoms with Gasteiger partial charge in [0.15, 0.2) is 0 Å². The van der Waals surface area contributed by atoms with Crippen LogP contribution >= 0.6 is 23.4 Å². The van der Waals surface area contributed by atoms with Gasteiger partial charge in [-0.15, -0.1) is 0 Å². The first-order chi connectivity index (χ1) is 10.7. The first-order valence-electron chi connectivity index (χ1n) is 7.28. The van der Waals surface area contributed by atoms with Crippen molar-refractivity contribution in [2.24, 2.45) is 0 Å². The van der Waals surface area contributed by atoms with E-state index in [-0.39, 0.29) is 5.91 Å². The van der Waals surface area contributed by atoms with Crippen molar-refractivity contribution in [3.05, 3.63) is 28.8 Å². The maximum atomic E-state index is 11.9. The molecule has 1 aromatic carbocycles. The first-order valence-corrected chi connectivity index (χ1v) is 8.81. The van der Waals surface area contributed by atoms with E-state index in [1.807, 2.05) is 33.8 Å². The third kappa shape index (κ3) is 8.71. The van der Waals surface area contributed by atoms with Gasteiger partial charge >= 0.3 is 6.09 Å². The average Bonchev–Trinajstić information content (AvgIpc) is 2.40. The van der Waals surface area contributed by atoms with Gasteiger partial charge in [-0.25, -0.2) is 4.79 Å². The molecular formula is C16H23ClN2O3S. The van der Waals surface area contributed by atoms with Gasteiger partial charge < -0.3 is 15.4 Å². The minimum atomic E-state index is -0.508. The first kappa shape index (κ1) is 19.6. The van der Waals surface area contributed by atoms with Crippen LogP contribution in [0.5, 0.6) is 0 Å². The molecule has 0 saturated heterocycles. The van der Waals surface area contributed by atoms with Crippen LogP contribution in [0.3, 0.4) is 0 Å². The third-order valence-corrected chi connectivity index (χ3v) is 3.82. The molecule has 0 aromatic heterocycles. The number of halogens is 1. The van der Waals surface area contributed by atoms with Gasteiger partial charge in [0.05, 0.1) is 5.75 Å². The highest BCUT2D eigenvalue weighted by molar-refractivity contribution is 7.99. The number of ether oxygens (including phenoxy) is 1. The third-order valence-electron chi connectivity index (χ3n) is 2.62. The summed E-state index contributed by atoms with van der Waals surface area (Å²) in [6.45, 7) is 7.78. The molecule has 23 heavy (non-hydrogen) atoms. The monoisotopic (exact) mass is 358 g/mol. The fraction of sp³-hybridized carbons (Fsp3) is 0.500. The van der Waals surface area contributed by atoms with E-state index >= 15 is 0 Å². The molecule has 1 rings (SSSR count). The minimum Gasteiger partial charge on any atom is -0.444 e. The van der Waals surface area contributed by atoms with Crippen molar-refractivity contribution < 1.29 is 14.3 Å². The van der Waals surface area contributed by atoms with E-state index < -0.39 is 11.7 Å². The number of carbonyl (C=O) groups excluding carboxylic acids is 2. The van der Waals surface area contributed by atoms with Crippen molar-refractivity contribution in [1.29, 1.82) is 0 Å². The number of thioether (sulfide) groups is 1. The van der Waals surface area contributed by atoms with Gasteiger partial charge in [0.2, 0.25) is 5.91 Å². The number of hydrogen-bond donors (Lipinski definition) is 2. The van der Waals surface area contributed by atoms with Crippen LogP contribution in [0.4, 0.5) is 10.5 Å². The lowest BCUT2D eigenvalue weighted by molar-refractivity contribution is -0.113. The molecule has 0 aliphatic heterocycles. The van der Waals surface area contributed by atoms with E-state index in [1.165, 1.54) is 11.8 Å². The number of benzene rings is 1. The van der Waals surface area contributed by atoms with Crippen LogP contribution in [0.25, 0.3) is 0 Å². The van der Waals surface area contributed by atoms with E-state index in [2.05, 4.69) is 10.6 Å². The van der Waals surface area contributed by atoms with Crippen molar-refractivity contribution in [1.82, 2.24) is 5.32 Å². The highest BCUT2D eigenvalue weighted by Crippen LogP contribution is 2.20. The molecule has 0 fully saturated rings. The second-order valence-corrected chi connectivity index (χ2v) is 7.53. The van der Waals surface area contributed by atoms with Gasteiger partial charge in [-0.05, 0) is 45.4 Å². The second-order valence-electron chi connectivity index (χ2n) is 5.99. The molecule has 128 valence electrons. The van der Waals surface area contributed by atoms with Gasteiger partial charge in [-0.2, -0.15) is 11.8 Å². The van der Waals surface area contributed by atoms with Gasteiger partial charge in [0.25, 0.3) is 0 Å². The van der Waals surface area contributed by atoms with E-state index in [1.54, 1.807) is 12.1 Å². The van der Waals surface area contributed by atoms with Crippen molar-refractivity contribution in [2.45, 2.75) is 33.3 Å². The molecule has 0 atom stereocenters. The Balaban J connectivity index is 2.22. The summed E-state index contributed by atoms with van der Waals surface area (Å²) in [5.41, 5.74) is 1.17. The van der Waals surface area contributed by atoms with E-state index in [4.69, 9.17) is 16.3 Å². The molecule has 0 spiro atoms. The van der Waals surface area contributed by atoms with Crippen molar-refractivity contribution in [3.63, 3.8) is 0 Å². The lowest BCUT2D eigenvalue weighted by Crippen LogP contribution is -2.33. The lowest BCUT2D eigenvalue weighted by atomic mass is 10.2. The Morgan fingerprint density at radius 3 is 2.65 bits per heavy atom. The molecule has 1 aromatic rings. The zero-order chi connectivity index (χ0) is 17.5. The van der Waals surface area contributed by atoms with Crippen LogP contribution in [0.2, 0.25) is 5.02 Å². The molecular weight excluding hydrogens is 336 g/mol. The fourth-order valence-electron chi connectivity index (χ4n) is 1.62. The van der Waals surface area contributed by atoms with Crippen molar-refractivity contribution >= 4 is 41.1 Å². The number of rotatable bonds is 6. The summed E-state index contributed by atoms with van der Waals surface area (Å²) in [6, 6.07) is 5.36. The van der Waals surface area contributed by atoms with Crippen LogP contribution < -0.4 is 10.6 Å². The molecule has 0 saturated carbocycles. The number of alkyl carbamates (subject to hydrolysis) is 1. The predicted octanol–water partition coefficient (Wildman–Crippen LogP) is 3.84. The summed E-state index contributed by atoms with van der Waals surface area (Å²) in [5, 5.41) is 6.06. The standard InChI is InChI=1S/C16H23ClN2O3S/c1-11-5-6-12(17)9-13(11)19-14(20)10-23-8-7-18-15(21)22-16(2,3)4/h5-6,9H,7-8,10H2,1-4H3,(H,18,21)(H,19,20). The average molecular weight is 359 g/mol. The second kappa shape index (κ2) is 9.03. The maximum Gasteiger partial charge on any atom is 0.407 e. The zero-order valence-corrected chi connectivity index (χ0v) is 15.4. The molecule has 5 nitrogen and oxygen atoms in total. The highest BCUT2D eigenvalue weighted by atomic mass is 35.5. The smallest absolute Gasteiger partial charge is 0.407 e. The van der Waals surface area contributed by atoms with Crippen LogP contribution in [-0.2, 0) is 9.53 Å². The molecule has 7 heteroatoms. The minimum absolute atomic E-state index is 0.0994. The summed E-state index contributed by atoms with van der Waals surface area (Å²) in [6.07, 6.45) is -0.447. The quantitative estimate of drug-likeness (QED) is 0.758. The summed E-state index contributed by atoms with van der Waals surface area (Å²) in [5.74, 6) is 0.834. The number of amides is 2. The fourth-order valence-corrected chi connectivity index (χ4v) is 2.44. The Morgan fingerprint density at radius 2 is 2.00 bits per heavy atom. The summed E-state index contributed by atoms with van der Waals surface area (Å²) in [7, 11) is 0. The Kier molecular flexibility index (Phi) is 7.72. The lowest BCUT2D eigenvalue weighted by Gasteiger charge is -2.19. The van der Waals surface area contributed by atoms with Gasteiger partial charge in [-0.3, -0.25) is 4.79 Å².